The van der Waals surface area contributed by atoms with Crippen LogP contribution in [0.3, 0.4) is 0 Å². The van der Waals surface area contributed by atoms with E-state index in [0.717, 1.165) is 9.87 Å². The molecule has 0 aliphatic rings. The van der Waals surface area contributed by atoms with E-state index in [-0.39, 0.29) is 10.5 Å². The van der Waals surface area contributed by atoms with Gasteiger partial charge in [-0.05, 0) is 48.9 Å². The van der Waals surface area contributed by atoms with Gasteiger partial charge in [-0.15, -0.1) is 0 Å². The van der Waals surface area contributed by atoms with Gasteiger partial charge in [0.2, 0.25) is 0 Å². The van der Waals surface area contributed by atoms with Crippen molar-refractivity contribution in [3.05, 3.63) is 88.9 Å². The standard InChI is InChI=1S/C21H19ClN2O3S/c1-15-12-13-16(14-19(15)22)23-21(25)18-10-6-7-11-20(18)28(26,27)24(2)17-8-4-3-5-9-17/h3-14H,1-2H3,(H,23,25). The first kappa shape index (κ1) is 19.9. The van der Waals surface area contributed by atoms with Crippen molar-refractivity contribution < 1.29 is 13.2 Å². The molecule has 144 valence electrons. The average molecular weight is 415 g/mol. The summed E-state index contributed by atoms with van der Waals surface area (Å²) >= 11 is 6.10. The number of carbonyl (C=O) groups is 1. The van der Waals surface area contributed by atoms with Gasteiger partial charge in [-0.2, -0.15) is 0 Å². The van der Waals surface area contributed by atoms with Crippen molar-refractivity contribution in [2.45, 2.75) is 11.8 Å². The number of hydrogen-bond acceptors (Lipinski definition) is 3. The molecule has 0 spiro atoms. The van der Waals surface area contributed by atoms with E-state index in [1.807, 2.05) is 6.92 Å². The maximum atomic E-state index is 13.1. The van der Waals surface area contributed by atoms with E-state index in [2.05, 4.69) is 5.32 Å². The Balaban J connectivity index is 1.96. The van der Waals surface area contributed by atoms with Gasteiger partial charge in [-0.25, -0.2) is 8.42 Å². The van der Waals surface area contributed by atoms with Crippen LogP contribution >= 0.6 is 11.6 Å². The highest BCUT2D eigenvalue weighted by molar-refractivity contribution is 7.92. The summed E-state index contributed by atoms with van der Waals surface area (Å²) in [6, 6.07) is 19.9. The highest BCUT2D eigenvalue weighted by Crippen LogP contribution is 2.26. The van der Waals surface area contributed by atoms with E-state index in [1.165, 1.54) is 19.2 Å². The first-order valence-corrected chi connectivity index (χ1v) is 10.3. The molecular weight excluding hydrogens is 396 g/mol. The Labute approximate surface area is 169 Å². The fourth-order valence-electron chi connectivity index (χ4n) is 2.67. The van der Waals surface area contributed by atoms with E-state index in [9.17, 15) is 13.2 Å². The monoisotopic (exact) mass is 414 g/mol. The SMILES string of the molecule is Cc1ccc(NC(=O)c2ccccc2S(=O)(=O)N(C)c2ccccc2)cc1Cl. The molecule has 0 unspecified atom stereocenters. The van der Waals surface area contributed by atoms with Crippen LogP contribution in [0.1, 0.15) is 15.9 Å². The molecule has 0 bridgehead atoms. The van der Waals surface area contributed by atoms with Crippen molar-refractivity contribution in [1.82, 2.24) is 0 Å². The number of halogens is 1. The molecule has 0 fully saturated rings. The average Bonchev–Trinajstić information content (AvgIpc) is 2.70. The highest BCUT2D eigenvalue weighted by atomic mass is 35.5. The van der Waals surface area contributed by atoms with Crippen LogP contribution in [0, 0.1) is 6.92 Å². The predicted octanol–water partition coefficient (Wildman–Crippen LogP) is 4.73. The van der Waals surface area contributed by atoms with Crippen LogP contribution in [0.4, 0.5) is 11.4 Å². The first-order chi connectivity index (χ1) is 13.3. The van der Waals surface area contributed by atoms with Crippen molar-refractivity contribution in [3.8, 4) is 0 Å². The zero-order chi connectivity index (χ0) is 20.3. The summed E-state index contributed by atoms with van der Waals surface area (Å²) in [5, 5.41) is 3.23. The quantitative estimate of drug-likeness (QED) is 0.656. The zero-order valence-electron chi connectivity index (χ0n) is 15.4. The van der Waals surface area contributed by atoms with E-state index in [4.69, 9.17) is 11.6 Å². The lowest BCUT2D eigenvalue weighted by Crippen LogP contribution is -2.28. The Kier molecular flexibility index (Phi) is 5.72. The molecule has 3 rings (SSSR count). The summed E-state index contributed by atoms with van der Waals surface area (Å²) in [6.07, 6.45) is 0. The minimum absolute atomic E-state index is 0.0574. The van der Waals surface area contributed by atoms with Gasteiger partial charge in [0.1, 0.15) is 4.90 Å². The number of aryl methyl sites for hydroxylation is 1. The van der Waals surface area contributed by atoms with E-state index < -0.39 is 15.9 Å². The van der Waals surface area contributed by atoms with Crippen molar-refractivity contribution >= 4 is 38.9 Å². The molecule has 0 saturated heterocycles. The smallest absolute Gasteiger partial charge is 0.264 e. The Bertz CT molecular complexity index is 1120. The summed E-state index contributed by atoms with van der Waals surface area (Å²) in [5.41, 5.74) is 1.93. The van der Waals surface area contributed by atoms with Crippen LogP contribution in [0.5, 0.6) is 0 Å². The second-order valence-electron chi connectivity index (χ2n) is 6.22. The van der Waals surface area contributed by atoms with Gasteiger partial charge in [-0.1, -0.05) is 48.0 Å². The third-order valence-electron chi connectivity index (χ3n) is 4.32. The van der Waals surface area contributed by atoms with Gasteiger partial charge in [0.25, 0.3) is 15.9 Å². The fourth-order valence-corrected chi connectivity index (χ4v) is 4.24. The summed E-state index contributed by atoms with van der Waals surface area (Å²) in [6.45, 7) is 1.86. The summed E-state index contributed by atoms with van der Waals surface area (Å²) in [5.74, 6) is -0.527. The predicted molar refractivity (Wildman–Crippen MR) is 113 cm³/mol. The lowest BCUT2D eigenvalue weighted by atomic mass is 10.2. The second kappa shape index (κ2) is 8.04. The Morgan fingerprint density at radius 3 is 2.29 bits per heavy atom. The van der Waals surface area contributed by atoms with Crippen LogP contribution in [0.25, 0.3) is 0 Å². The fraction of sp³-hybridized carbons (Fsp3) is 0.0952. The molecular formula is C21H19ClN2O3S. The van der Waals surface area contributed by atoms with E-state index >= 15 is 0 Å². The second-order valence-corrected chi connectivity index (χ2v) is 8.57. The van der Waals surface area contributed by atoms with Crippen LogP contribution in [-0.2, 0) is 10.0 Å². The molecule has 5 nitrogen and oxygen atoms in total. The van der Waals surface area contributed by atoms with Crippen molar-refractivity contribution in [3.63, 3.8) is 0 Å². The summed E-state index contributed by atoms with van der Waals surface area (Å²) in [4.78, 5) is 12.7. The molecule has 7 heteroatoms. The molecule has 0 aliphatic carbocycles. The molecule has 0 radical (unpaired) electrons. The Morgan fingerprint density at radius 2 is 1.61 bits per heavy atom. The Morgan fingerprint density at radius 1 is 0.964 bits per heavy atom. The van der Waals surface area contributed by atoms with Gasteiger partial charge in [-0.3, -0.25) is 9.10 Å². The maximum absolute atomic E-state index is 13.1. The van der Waals surface area contributed by atoms with Gasteiger partial charge in [0, 0.05) is 17.8 Å². The Hall–Kier alpha value is -2.83. The lowest BCUT2D eigenvalue weighted by molar-refractivity contribution is 0.102. The zero-order valence-corrected chi connectivity index (χ0v) is 17.0. The van der Waals surface area contributed by atoms with Crippen LogP contribution in [-0.4, -0.2) is 21.4 Å². The molecule has 0 aromatic heterocycles. The number of carbonyl (C=O) groups excluding carboxylic acids is 1. The number of sulfonamides is 1. The largest absolute Gasteiger partial charge is 0.322 e. The number of nitrogens with one attached hydrogen (secondary N) is 1. The summed E-state index contributed by atoms with van der Waals surface area (Å²) in [7, 11) is -2.47. The van der Waals surface area contributed by atoms with Crippen molar-refractivity contribution in [2.24, 2.45) is 0 Å². The van der Waals surface area contributed by atoms with Gasteiger partial charge in [0.05, 0.1) is 11.3 Å². The normalized spacial score (nSPS) is 11.1. The molecule has 0 heterocycles. The third kappa shape index (κ3) is 4.03. The molecule has 1 amide bonds. The number of anilines is 2. The highest BCUT2D eigenvalue weighted by Gasteiger charge is 2.26. The molecule has 0 saturated carbocycles. The van der Waals surface area contributed by atoms with Crippen LogP contribution in [0.2, 0.25) is 5.02 Å². The maximum Gasteiger partial charge on any atom is 0.264 e. The van der Waals surface area contributed by atoms with Gasteiger partial charge < -0.3 is 5.32 Å². The van der Waals surface area contributed by atoms with E-state index in [0.29, 0.717) is 16.4 Å². The minimum atomic E-state index is -3.93. The molecule has 1 N–H and O–H groups in total. The number of hydrogen-bond donors (Lipinski definition) is 1. The third-order valence-corrected chi connectivity index (χ3v) is 6.57. The molecule has 0 atom stereocenters. The van der Waals surface area contributed by atoms with Crippen LogP contribution < -0.4 is 9.62 Å². The molecule has 28 heavy (non-hydrogen) atoms. The van der Waals surface area contributed by atoms with Gasteiger partial charge >= 0.3 is 0 Å². The number of para-hydroxylation sites is 1. The number of nitrogens with zero attached hydrogens (tertiary/aromatic N) is 1. The molecule has 3 aromatic carbocycles. The van der Waals surface area contributed by atoms with Crippen LogP contribution in [0.15, 0.2) is 77.7 Å². The lowest BCUT2D eigenvalue weighted by Gasteiger charge is -2.21. The van der Waals surface area contributed by atoms with Crippen molar-refractivity contribution in [1.29, 1.82) is 0 Å². The number of rotatable bonds is 5. The minimum Gasteiger partial charge on any atom is -0.322 e. The van der Waals surface area contributed by atoms with E-state index in [1.54, 1.807) is 60.7 Å². The first-order valence-electron chi connectivity index (χ1n) is 8.51. The van der Waals surface area contributed by atoms with Crippen molar-refractivity contribution in [2.75, 3.05) is 16.7 Å². The molecule has 0 aliphatic heterocycles. The van der Waals surface area contributed by atoms with Gasteiger partial charge in [0.15, 0.2) is 0 Å². The number of amides is 1. The summed E-state index contributed by atoms with van der Waals surface area (Å²) < 4.78 is 27.4. The topological polar surface area (TPSA) is 66.5 Å². The molecule has 3 aromatic rings. The number of benzene rings is 3.